The molecule has 0 saturated heterocycles. The van der Waals surface area contributed by atoms with Crippen molar-refractivity contribution in [2.45, 2.75) is 27.4 Å². The Morgan fingerprint density at radius 3 is 1.53 bits per heavy atom. The van der Waals surface area contributed by atoms with Gasteiger partial charge in [-0.25, -0.2) is 9.97 Å². The standard InChI is InChI=1S/C48H38N4O/c1-29-4-10-32(11-5-29)41-27-42(46(33-12-6-30(2)7-13-33)47(43(41)28-53)34-14-8-31(3)9-15-34)48-44-22-20-39(51-44)25-37-18-16-35(49-37)24-36-17-19-38(50-36)26-40-21-23-45(48)52-40/h4-27,49,52-53H,28H2,1-3H3. The normalized spacial score (nSPS) is 12.1. The van der Waals surface area contributed by atoms with Crippen LogP contribution in [0.1, 0.15) is 45.0 Å². The molecular weight excluding hydrogens is 649 g/mol. The first kappa shape index (κ1) is 32.4. The molecule has 0 atom stereocenters. The van der Waals surface area contributed by atoms with Crippen molar-refractivity contribution < 1.29 is 5.11 Å². The summed E-state index contributed by atoms with van der Waals surface area (Å²) < 4.78 is 0. The summed E-state index contributed by atoms with van der Waals surface area (Å²) in [6.45, 7) is 6.19. The van der Waals surface area contributed by atoms with Crippen LogP contribution in [0.2, 0.25) is 0 Å². The quantitative estimate of drug-likeness (QED) is 0.169. The van der Waals surface area contributed by atoms with E-state index in [2.05, 4.69) is 164 Å². The smallest absolute Gasteiger partial charge is 0.0737 e. The van der Waals surface area contributed by atoms with E-state index in [0.717, 1.165) is 94.9 Å². The number of aryl methyl sites for hydroxylation is 3. The fourth-order valence-electron chi connectivity index (χ4n) is 7.43. The van der Waals surface area contributed by atoms with Crippen molar-refractivity contribution in [1.29, 1.82) is 0 Å². The van der Waals surface area contributed by atoms with Crippen LogP contribution >= 0.6 is 0 Å². The average Bonchev–Trinajstić information content (AvgIpc) is 4.00. The molecule has 0 radical (unpaired) electrons. The van der Waals surface area contributed by atoms with Gasteiger partial charge in [0.25, 0.3) is 0 Å². The van der Waals surface area contributed by atoms with E-state index in [-0.39, 0.29) is 6.61 Å². The maximum absolute atomic E-state index is 11.3. The summed E-state index contributed by atoms with van der Waals surface area (Å²) >= 11 is 0. The lowest BCUT2D eigenvalue weighted by atomic mass is 9.80. The largest absolute Gasteiger partial charge is 0.392 e. The third-order valence-electron chi connectivity index (χ3n) is 10.1. The first-order valence-electron chi connectivity index (χ1n) is 18.0. The Bertz CT molecular complexity index is 2760. The number of nitrogens with one attached hydrogen (secondary N) is 2. The maximum atomic E-state index is 11.3. The Morgan fingerprint density at radius 2 is 0.943 bits per heavy atom. The van der Waals surface area contributed by atoms with Crippen molar-refractivity contribution >= 4 is 46.4 Å². The first-order chi connectivity index (χ1) is 25.9. The number of H-pyrrole nitrogens is 2. The van der Waals surface area contributed by atoms with Crippen LogP contribution in [-0.4, -0.2) is 25.0 Å². The number of aliphatic hydroxyl groups is 1. The molecule has 9 rings (SSSR count). The second-order valence-corrected chi connectivity index (χ2v) is 14.0. The number of nitrogens with zero attached hydrogens (tertiary/aromatic N) is 2. The van der Waals surface area contributed by atoms with Gasteiger partial charge in [-0.15, -0.1) is 0 Å². The highest BCUT2D eigenvalue weighted by atomic mass is 16.3. The molecule has 3 N–H and O–H groups in total. The van der Waals surface area contributed by atoms with Crippen molar-refractivity contribution in [3.63, 3.8) is 0 Å². The van der Waals surface area contributed by atoms with E-state index in [4.69, 9.17) is 9.97 Å². The summed E-state index contributed by atoms with van der Waals surface area (Å²) in [6, 6.07) is 42.8. The van der Waals surface area contributed by atoms with Gasteiger partial charge >= 0.3 is 0 Å². The van der Waals surface area contributed by atoms with E-state index < -0.39 is 0 Å². The van der Waals surface area contributed by atoms with E-state index in [0.29, 0.717) is 0 Å². The molecular formula is C48H38N4O. The molecule has 0 saturated carbocycles. The minimum Gasteiger partial charge on any atom is -0.392 e. The SMILES string of the molecule is Cc1ccc(-c2cc(-c3c4nc(cc5ccc(cc6nc(cc7ccc3[nH]7)C=C6)[nH]5)C=C4)c(-c3ccc(C)cc3)c(-c3ccc(C)cc3)c2CO)cc1. The lowest BCUT2D eigenvalue weighted by Crippen LogP contribution is -2.02. The maximum Gasteiger partial charge on any atom is 0.0737 e. The third kappa shape index (κ3) is 6.22. The molecule has 256 valence electrons. The van der Waals surface area contributed by atoms with Crippen molar-refractivity contribution in [3.8, 4) is 44.5 Å². The Balaban J connectivity index is 1.47. The van der Waals surface area contributed by atoms with Crippen LogP contribution < -0.4 is 0 Å². The monoisotopic (exact) mass is 686 g/mol. The van der Waals surface area contributed by atoms with E-state index in [1.807, 2.05) is 12.2 Å². The van der Waals surface area contributed by atoms with Gasteiger partial charge < -0.3 is 15.1 Å². The number of aromatic amines is 2. The fraction of sp³-hybridized carbons (Fsp3) is 0.0833. The zero-order chi connectivity index (χ0) is 36.1. The highest BCUT2D eigenvalue weighted by molar-refractivity contribution is 6.05. The van der Waals surface area contributed by atoms with Gasteiger partial charge in [-0.05, 0) is 138 Å². The summed E-state index contributed by atoms with van der Waals surface area (Å²) in [5.41, 5.74) is 19.9. The molecule has 5 heterocycles. The molecule has 0 spiro atoms. The summed E-state index contributed by atoms with van der Waals surface area (Å²) in [6.07, 6.45) is 8.27. The minimum atomic E-state index is -0.125. The minimum absolute atomic E-state index is 0.125. The lowest BCUT2D eigenvalue weighted by Gasteiger charge is -2.24. The number of fused-ring (bicyclic) bond motifs is 8. The zero-order valence-corrected chi connectivity index (χ0v) is 29.9. The highest BCUT2D eigenvalue weighted by Gasteiger charge is 2.25. The molecule has 0 unspecified atom stereocenters. The van der Waals surface area contributed by atoms with Gasteiger partial charge in [-0.3, -0.25) is 0 Å². The van der Waals surface area contributed by atoms with Crippen LogP contribution in [0.3, 0.4) is 0 Å². The van der Waals surface area contributed by atoms with Gasteiger partial charge in [0.2, 0.25) is 0 Å². The van der Waals surface area contributed by atoms with Crippen LogP contribution in [0.25, 0.3) is 90.9 Å². The van der Waals surface area contributed by atoms with Crippen molar-refractivity contribution in [1.82, 2.24) is 19.9 Å². The topological polar surface area (TPSA) is 77.6 Å². The van der Waals surface area contributed by atoms with Gasteiger partial charge in [0.15, 0.2) is 0 Å². The molecule has 2 aliphatic rings. The van der Waals surface area contributed by atoms with Crippen LogP contribution in [0, 0.1) is 20.8 Å². The fourth-order valence-corrected chi connectivity index (χ4v) is 7.43. The highest BCUT2D eigenvalue weighted by Crippen LogP contribution is 2.48. The Kier molecular flexibility index (Phi) is 8.06. The molecule has 2 aliphatic heterocycles. The van der Waals surface area contributed by atoms with E-state index >= 15 is 0 Å². The van der Waals surface area contributed by atoms with Gasteiger partial charge in [-0.2, -0.15) is 0 Å². The molecule has 4 aromatic carbocycles. The second kappa shape index (κ2) is 13.2. The van der Waals surface area contributed by atoms with E-state index in [1.54, 1.807) is 0 Å². The van der Waals surface area contributed by atoms with Crippen LogP contribution in [0.4, 0.5) is 0 Å². The summed E-state index contributed by atoms with van der Waals surface area (Å²) in [7, 11) is 0. The summed E-state index contributed by atoms with van der Waals surface area (Å²) in [5.74, 6) is 0. The molecule has 0 aliphatic carbocycles. The molecule has 5 nitrogen and oxygen atoms in total. The molecule has 0 amide bonds. The third-order valence-corrected chi connectivity index (χ3v) is 10.1. The van der Waals surface area contributed by atoms with Crippen molar-refractivity contribution in [2.75, 3.05) is 0 Å². The van der Waals surface area contributed by atoms with Crippen LogP contribution in [0.5, 0.6) is 0 Å². The molecule has 7 aromatic rings. The Morgan fingerprint density at radius 1 is 0.453 bits per heavy atom. The predicted molar refractivity (Wildman–Crippen MR) is 221 cm³/mol. The predicted octanol–water partition coefficient (Wildman–Crippen LogP) is 11.7. The molecule has 53 heavy (non-hydrogen) atoms. The number of rotatable bonds is 5. The number of aromatic nitrogens is 4. The molecule has 5 heteroatoms. The number of benzene rings is 4. The first-order valence-corrected chi connectivity index (χ1v) is 18.0. The van der Waals surface area contributed by atoms with Crippen LogP contribution in [-0.2, 0) is 6.61 Å². The number of aliphatic hydroxyl groups excluding tert-OH is 1. The molecule has 0 fully saturated rings. The average molecular weight is 687 g/mol. The zero-order valence-electron chi connectivity index (χ0n) is 29.9. The number of hydrogen-bond donors (Lipinski definition) is 3. The molecule has 3 aromatic heterocycles. The lowest BCUT2D eigenvalue weighted by molar-refractivity contribution is 0.283. The second-order valence-electron chi connectivity index (χ2n) is 14.0. The summed E-state index contributed by atoms with van der Waals surface area (Å²) in [5, 5.41) is 11.3. The van der Waals surface area contributed by atoms with Crippen LogP contribution in [0.15, 0.2) is 121 Å². The number of hydrogen-bond acceptors (Lipinski definition) is 3. The van der Waals surface area contributed by atoms with Gasteiger partial charge in [0.1, 0.15) is 0 Å². The van der Waals surface area contributed by atoms with Crippen molar-refractivity contribution in [3.05, 3.63) is 166 Å². The van der Waals surface area contributed by atoms with Crippen molar-refractivity contribution in [2.24, 2.45) is 0 Å². The van der Waals surface area contributed by atoms with E-state index in [1.165, 1.54) is 16.7 Å². The summed E-state index contributed by atoms with van der Waals surface area (Å²) in [4.78, 5) is 17.4. The Hall–Kier alpha value is -6.56. The van der Waals surface area contributed by atoms with Gasteiger partial charge in [-0.1, -0.05) is 89.5 Å². The molecule has 8 bridgehead atoms. The Labute approximate surface area is 308 Å². The van der Waals surface area contributed by atoms with Gasteiger partial charge in [0.05, 0.1) is 29.4 Å². The van der Waals surface area contributed by atoms with E-state index in [9.17, 15) is 5.11 Å². The van der Waals surface area contributed by atoms with Gasteiger partial charge in [0, 0.05) is 27.6 Å².